The van der Waals surface area contributed by atoms with Crippen LogP contribution in [0.3, 0.4) is 0 Å². The van der Waals surface area contributed by atoms with Crippen molar-refractivity contribution in [2.24, 2.45) is 0 Å². The first-order chi connectivity index (χ1) is 9.67. The van der Waals surface area contributed by atoms with Crippen molar-refractivity contribution in [3.05, 3.63) is 58.1 Å². The van der Waals surface area contributed by atoms with Crippen LogP contribution >= 0.6 is 23.2 Å². The average Bonchev–Trinajstić information content (AvgIpc) is 2.75. The van der Waals surface area contributed by atoms with Gasteiger partial charge in [0, 0.05) is 11.2 Å². The van der Waals surface area contributed by atoms with Gasteiger partial charge in [-0.25, -0.2) is 4.98 Å². The van der Waals surface area contributed by atoms with Gasteiger partial charge in [-0.05, 0) is 41.9 Å². The topological polar surface area (TPSA) is 54.5 Å². The lowest BCUT2D eigenvalue weighted by molar-refractivity contribution is 0.798. The molecule has 0 radical (unpaired) electrons. The van der Waals surface area contributed by atoms with E-state index in [1.807, 2.05) is 16.7 Å². The molecule has 3 rings (SSSR count). The van der Waals surface area contributed by atoms with Crippen molar-refractivity contribution < 1.29 is 0 Å². The summed E-state index contributed by atoms with van der Waals surface area (Å²) < 4.78 is 1.85. The van der Waals surface area contributed by atoms with Crippen LogP contribution in [0.1, 0.15) is 11.3 Å². The normalized spacial score (nSPS) is 10.7. The Morgan fingerprint density at radius 2 is 2.05 bits per heavy atom. The summed E-state index contributed by atoms with van der Waals surface area (Å²) >= 11 is 12.1. The molecule has 0 unspecified atom stereocenters. The van der Waals surface area contributed by atoms with Crippen molar-refractivity contribution in [3.8, 4) is 6.07 Å². The number of hydrogen-bond donors (Lipinski definition) is 0. The van der Waals surface area contributed by atoms with Gasteiger partial charge in [0.1, 0.15) is 6.07 Å². The minimum Gasteiger partial charge on any atom is -0.309 e. The first-order valence-electron chi connectivity index (χ1n) is 5.83. The first kappa shape index (κ1) is 12.9. The number of nitrogens with zero attached hydrogens (tertiary/aromatic N) is 4. The number of rotatable bonds is 2. The van der Waals surface area contributed by atoms with Gasteiger partial charge in [-0.1, -0.05) is 11.6 Å². The van der Waals surface area contributed by atoms with Crippen LogP contribution in [-0.4, -0.2) is 14.5 Å². The summed E-state index contributed by atoms with van der Waals surface area (Å²) in [6, 6.07) is 11.0. The molecule has 0 aliphatic carbocycles. The molecule has 20 heavy (non-hydrogen) atoms. The number of pyridine rings is 1. The zero-order chi connectivity index (χ0) is 14.1. The zero-order valence-electron chi connectivity index (χ0n) is 10.2. The Balaban J connectivity index is 2.01. The van der Waals surface area contributed by atoms with E-state index in [1.54, 1.807) is 30.5 Å². The molecule has 0 saturated carbocycles. The zero-order valence-corrected chi connectivity index (χ0v) is 11.7. The Bertz CT molecular complexity index is 816. The van der Waals surface area contributed by atoms with Crippen LogP contribution in [0.4, 0.5) is 0 Å². The van der Waals surface area contributed by atoms with E-state index >= 15 is 0 Å². The summed E-state index contributed by atoms with van der Waals surface area (Å²) in [6.45, 7) is 0.489. The van der Waals surface area contributed by atoms with Crippen LogP contribution in [0.5, 0.6) is 0 Å². The predicted octanol–water partition coefficient (Wildman–Crippen LogP) is 3.66. The van der Waals surface area contributed by atoms with E-state index in [9.17, 15) is 0 Å². The van der Waals surface area contributed by atoms with E-state index in [2.05, 4.69) is 9.97 Å². The summed E-state index contributed by atoms with van der Waals surface area (Å²) in [7, 11) is 0. The Morgan fingerprint density at radius 1 is 1.20 bits per heavy atom. The highest BCUT2D eigenvalue weighted by Gasteiger charge is 2.10. The number of fused-ring (bicyclic) bond motifs is 1. The molecule has 2 heterocycles. The number of hydrogen-bond acceptors (Lipinski definition) is 3. The van der Waals surface area contributed by atoms with Gasteiger partial charge in [0.25, 0.3) is 0 Å². The highest BCUT2D eigenvalue weighted by molar-refractivity contribution is 6.31. The number of halogens is 2. The van der Waals surface area contributed by atoms with E-state index < -0.39 is 0 Å². The molecular weight excluding hydrogens is 295 g/mol. The lowest BCUT2D eigenvalue weighted by Crippen LogP contribution is -2.01. The maximum Gasteiger partial charge on any atom is 0.204 e. The smallest absolute Gasteiger partial charge is 0.204 e. The summed E-state index contributed by atoms with van der Waals surface area (Å²) in [4.78, 5) is 8.50. The quantitative estimate of drug-likeness (QED) is 0.726. The van der Waals surface area contributed by atoms with Crippen LogP contribution < -0.4 is 0 Å². The van der Waals surface area contributed by atoms with Gasteiger partial charge in [-0.15, -0.1) is 0 Å². The van der Waals surface area contributed by atoms with Crippen molar-refractivity contribution in [2.45, 2.75) is 6.54 Å². The first-order valence-corrected chi connectivity index (χ1v) is 6.59. The van der Waals surface area contributed by atoms with E-state index in [1.165, 1.54) is 0 Å². The highest BCUT2D eigenvalue weighted by Crippen LogP contribution is 2.23. The van der Waals surface area contributed by atoms with Gasteiger partial charge < -0.3 is 4.57 Å². The van der Waals surface area contributed by atoms with Gasteiger partial charge in [0.15, 0.2) is 0 Å². The number of nitriles is 1. The van der Waals surface area contributed by atoms with Gasteiger partial charge >= 0.3 is 0 Å². The molecule has 1 aromatic carbocycles. The summed E-state index contributed by atoms with van der Waals surface area (Å²) in [5, 5.41) is 9.76. The fourth-order valence-corrected chi connectivity index (χ4v) is 2.38. The molecule has 0 saturated heterocycles. The van der Waals surface area contributed by atoms with Crippen LogP contribution in [-0.2, 0) is 6.54 Å². The third kappa shape index (κ3) is 2.34. The van der Waals surface area contributed by atoms with E-state index in [-0.39, 0.29) is 0 Å². The molecule has 0 amide bonds. The molecule has 0 atom stereocenters. The third-order valence-corrected chi connectivity index (χ3v) is 3.46. The molecule has 0 aliphatic rings. The minimum atomic E-state index is 0.383. The Labute approximate surface area is 125 Å². The van der Waals surface area contributed by atoms with Crippen molar-refractivity contribution in [1.29, 1.82) is 5.26 Å². The summed E-state index contributed by atoms with van der Waals surface area (Å²) in [5.74, 6) is 0. The lowest BCUT2D eigenvalue weighted by Gasteiger charge is -2.05. The molecule has 0 fully saturated rings. The van der Waals surface area contributed by atoms with Crippen molar-refractivity contribution in [1.82, 2.24) is 14.5 Å². The molecule has 0 N–H and O–H groups in total. The van der Waals surface area contributed by atoms with E-state index in [0.717, 1.165) is 16.7 Å². The molecule has 0 spiro atoms. The number of benzene rings is 1. The molecular formula is C14H8Cl2N4. The van der Waals surface area contributed by atoms with Crippen LogP contribution in [0.2, 0.25) is 10.3 Å². The second-order valence-corrected chi connectivity index (χ2v) is 5.02. The van der Waals surface area contributed by atoms with Crippen LogP contribution in [0, 0.1) is 11.3 Å². The van der Waals surface area contributed by atoms with Crippen LogP contribution in [0.25, 0.3) is 11.0 Å². The van der Waals surface area contributed by atoms with Gasteiger partial charge in [-0.2, -0.15) is 5.26 Å². The predicted molar refractivity (Wildman–Crippen MR) is 77.8 cm³/mol. The van der Waals surface area contributed by atoms with E-state index in [4.69, 9.17) is 28.5 Å². The molecule has 2 aromatic heterocycles. The molecule has 98 valence electrons. The fourth-order valence-electron chi connectivity index (χ4n) is 1.97. The molecule has 0 bridgehead atoms. The standard InChI is InChI=1S/C14H8Cl2N4/c15-10-2-4-13-12(5-10)19-14(16)20(13)8-11-3-1-9(6-17)7-18-11/h1-5,7H,8H2. The molecule has 3 aromatic rings. The fraction of sp³-hybridized carbons (Fsp3) is 0.0714. The number of imidazole rings is 1. The van der Waals surface area contributed by atoms with Gasteiger partial charge in [0.2, 0.25) is 5.28 Å². The average molecular weight is 303 g/mol. The second-order valence-electron chi connectivity index (χ2n) is 4.25. The third-order valence-electron chi connectivity index (χ3n) is 2.94. The van der Waals surface area contributed by atoms with Gasteiger partial charge in [0.05, 0.1) is 28.8 Å². The minimum absolute atomic E-state index is 0.383. The molecule has 4 nitrogen and oxygen atoms in total. The largest absolute Gasteiger partial charge is 0.309 e. The SMILES string of the molecule is N#Cc1ccc(Cn2c(Cl)nc3cc(Cl)ccc32)nc1. The Morgan fingerprint density at radius 3 is 2.75 bits per heavy atom. The summed E-state index contributed by atoms with van der Waals surface area (Å²) in [6.07, 6.45) is 1.54. The van der Waals surface area contributed by atoms with Crippen LogP contribution in [0.15, 0.2) is 36.5 Å². The van der Waals surface area contributed by atoms with Crippen molar-refractivity contribution in [3.63, 3.8) is 0 Å². The monoisotopic (exact) mass is 302 g/mol. The van der Waals surface area contributed by atoms with Gasteiger partial charge in [-0.3, -0.25) is 4.98 Å². The highest BCUT2D eigenvalue weighted by atomic mass is 35.5. The maximum atomic E-state index is 8.76. The Kier molecular flexibility index (Phi) is 3.31. The van der Waals surface area contributed by atoms with E-state index in [0.29, 0.717) is 22.4 Å². The Hall–Kier alpha value is -2.09. The molecule has 0 aliphatic heterocycles. The lowest BCUT2D eigenvalue weighted by atomic mass is 10.2. The maximum absolute atomic E-state index is 8.76. The number of aromatic nitrogens is 3. The summed E-state index contributed by atoms with van der Waals surface area (Å²) in [5.41, 5.74) is 2.98. The molecule has 6 heteroatoms. The van der Waals surface area contributed by atoms with Crippen molar-refractivity contribution in [2.75, 3.05) is 0 Å². The second kappa shape index (κ2) is 5.12. The van der Waals surface area contributed by atoms with Crippen molar-refractivity contribution >= 4 is 34.2 Å².